The molecule has 0 radical (unpaired) electrons. The van der Waals surface area contributed by atoms with Crippen LogP contribution in [0.3, 0.4) is 0 Å². The first-order valence-electron chi connectivity index (χ1n) is 8.86. The molecule has 0 spiro atoms. The van der Waals surface area contributed by atoms with Crippen molar-refractivity contribution in [2.45, 2.75) is 45.3 Å². The Morgan fingerprint density at radius 2 is 2.04 bits per heavy atom. The number of carbonyl (C=O) groups excluding carboxylic acids is 2. The number of aryl methyl sites for hydroxylation is 2. The van der Waals surface area contributed by atoms with Crippen LogP contribution in [0.1, 0.15) is 31.7 Å². The van der Waals surface area contributed by atoms with E-state index in [0.29, 0.717) is 5.16 Å². The molecule has 1 aromatic heterocycles. The van der Waals surface area contributed by atoms with Gasteiger partial charge >= 0.3 is 5.97 Å². The predicted octanol–water partition coefficient (Wildman–Crippen LogP) is 2.68. The van der Waals surface area contributed by atoms with Crippen molar-refractivity contribution in [3.63, 3.8) is 0 Å². The number of esters is 1. The van der Waals surface area contributed by atoms with Gasteiger partial charge in [-0.2, -0.15) is 0 Å². The van der Waals surface area contributed by atoms with Crippen LogP contribution in [-0.4, -0.2) is 45.5 Å². The topological polar surface area (TPSA) is 86.1 Å². The number of amides is 1. The Hall–Kier alpha value is -2.35. The number of benzene rings is 1. The Morgan fingerprint density at radius 3 is 2.67 bits per heavy atom. The predicted molar refractivity (Wildman–Crippen MR) is 105 cm³/mol. The van der Waals surface area contributed by atoms with Crippen LogP contribution in [0.4, 0.5) is 0 Å². The number of hydrogen-bond acceptors (Lipinski definition) is 6. The highest BCUT2D eigenvalue weighted by Crippen LogP contribution is 2.22. The molecule has 7 nitrogen and oxygen atoms in total. The lowest BCUT2D eigenvalue weighted by Gasteiger charge is -2.21. The molecular weight excluding hydrogens is 364 g/mol. The molecule has 0 aliphatic carbocycles. The van der Waals surface area contributed by atoms with E-state index < -0.39 is 12.0 Å². The lowest BCUT2D eigenvalue weighted by molar-refractivity contribution is -0.146. The van der Waals surface area contributed by atoms with Gasteiger partial charge in [0.25, 0.3) is 0 Å². The molecule has 0 saturated carbocycles. The smallest absolute Gasteiger partial charge is 0.328 e. The molecule has 2 rings (SSSR count). The first kappa shape index (κ1) is 21.0. The molecule has 8 heteroatoms. The highest BCUT2D eigenvalue weighted by molar-refractivity contribution is 7.99. The number of aromatic nitrogens is 3. The third kappa shape index (κ3) is 5.32. The van der Waals surface area contributed by atoms with Gasteiger partial charge < -0.3 is 10.1 Å². The number of methoxy groups -OCH3 is 1. The summed E-state index contributed by atoms with van der Waals surface area (Å²) in [7, 11) is 1.33. The van der Waals surface area contributed by atoms with Crippen LogP contribution in [0.25, 0.3) is 5.69 Å². The van der Waals surface area contributed by atoms with Crippen molar-refractivity contribution in [2.24, 2.45) is 5.92 Å². The molecule has 0 saturated heterocycles. The number of rotatable bonds is 8. The van der Waals surface area contributed by atoms with E-state index in [-0.39, 0.29) is 17.6 Å². The average Bonchev–Trinajstić information content (AvgIpc) is 3.03. The van der Waals surface area contributed by atoms with Gasteiger partial charge in [-0.15, -0.1) is 10.2 Å². The zero-order valence-corrected chi connectivity index (χ0v) is 17.2. The molecular formula is C19H26N4O3S. The van der Waals surface area contributed by atoms with E-state index in [1.54, 1.807) is 0 Å². The van der Waals surface area contributed by atoms with Crippen molar-refractivity contribution in [3.05, 3.63) is 35.7 Å². The van der Waals surface area contributed by atoms with E-state index in [2.05, 4.69) is 15.5 Å². The molecule has 1 heterocycles. The number of nitrogens with one attached hydrogen (secondary N) is 1. The summed E-state index contributed by atoms with van der Waals surface area (Å²) in [6.45, 7) is 7.77. The maximum Gasteiger partial charge on any atom is 0.328 e. The maximum atomic E-state index is 12.4. The number of thioether (sulfide) groups is 1. The lowest BCUT2D eigenvalue weighted by atomic mass is 9.99. The molecule has 1 N–H and O–H groups in total. The van der Waals surface area contributed by atoms with Crippen molar-refractivity contribution in [3.8, 4) is 5.69 Å². The second-order valence-corrected chi connectivity index (χ2v) is 7.39. The van der Waals surface area contributed by atoms with Gasteiger partial charge in [-0.25, -0.2) is 4.79 Å². The molecule has 1 amide bonds. The van der Waals surface area contributed by atoms with Gasteiger partial charge in [0.1, 0.15) is 11.9 Å². The van der Waals surface area contributed by atoms with Gasteiger partial charge in [-0.3, -0.25) is 9.36 Å². The Morgan fingerprint density at radius 1 is 1.30 bits per heavy atom. The fraction of sp³-hybridized carbons (Fsp3) is 0.474. The maximum absolute atomic E-state index is 12.4. The van der Waals surface area contributed by atoms with Gasteiger partial charge in [0, 0.05) is 5.69 Å². The van der Waals surface area contributed by atoms with Crippen LogP contribution in [0.2, 0.25) is 0 Å². The zero-order valence-electron chi connectivity index (χ0n) is 16.4. The fourth-order valence-corrected chi connectivity index (χ4v) is 3.45. The van der Waals surface area contributed by atoms with Crippen LogP contribution in [-0.2, 0) is 14.3 Å². The molecule has 27 heavy (non-hydrogen) atoms. The summed E-state index contributed by atoms with van der Waals surface area (Å²) < 4.78 is 6.72. The first-order valence-corrected chi connectivity index (χ1v) is 9.85. The molecule has 0 aliphatic rings. The third-order valence-electron chi connectivity index (χ3n) is 4.37. The third-order valence-corrected chi connectivity index (χ3v) is 5.30. The van der Waals surface area contributed by atoms with Crippen molar-refractivity contribution >= 4 is 23.6 Å². The normalized spacial score (nSPS) is 13.1. The van der Waals surface area contributed by atoms with Crippen molar-refractivity contribution < 1.29 is 14.3 Å². The van der Waals surface area contributed by atoms with Crippen LogP contribution in [0.15, 0.2) is 29.4 Å². The molecule has 2 unspecified atom stereocenters. The van der Waals surface area contributed by atoms with Gasteiger partial charge in [0.15, 0.2) is 5.16 Å². The van der Waals surface area contributed by atoms with Crippen LogP contribution < -0.4 is 5.32 Å². The quantitative estimate of drug-likeness (QED) is 0.551. The highest BCUT2D eigenvalue weighted by atomic mass is 32.2. The molecule has 0 fully saturated rings. The minimum atomic E-state index is -0.649. The molecule has 0 aliphatic heterocycles. The Bertz CT molecular complexity index is 806. The Balaban J connectivity index is 2.08. The van der Waals surface area contributed by atoms with Crippen molar-refractivity contribution in [1.29, 1.82) is 0 Å². The second-order valence-electron chi connectivity index (χ2n) is 6.45. The minimum absolute atomic E-state index is 0.00964. The molecule has 2 aromatic rings. The minimum Gasteiger partial charge on any atom is -0.467 e. The lowest BCUT2D eigenvalue weighted by Crippen LogP contribution is -2.46. The SMILES string of the molecule is CCC(C)C(NC(=O)CSc1nnc(C)n1-c1cccc(C)c1)C(=O)OC. The van der Waals surface area contributed by atoms with E-state index in [1.807, 2.05) is 56.5 Å². The van der Waals surface area contributed by atoms with Gasteiger partial charge in [0.05, 0.1) is 12.9 Å². The Kier molecular flexibility index (Phi) is 7.41. The van der Waals surface area contributed by atoms with E-state index in [0.717, 1.165) is 23.5 Å². The van der Waals surface area contributed by atoms with Crippen LogP contribution in [0, 0.1) is 19.8 Å². The van der Waals surface area contributed by atoms with E-state index in [9.17, 15) is 9.59 Å². The number of nitrogens with zero attached hydrogens (tertiary/aromatic N) is 3. The number of carbonyl (C=O) groups is 2. The summed E-state index contributed by atoms with van der Waals surface area (Å²) in [5.41, 5.74) is 2.08. The number of ether oxygens (including phenoxy) is 1. The largest absolute Gasteiger partial charge is 0.467 e. The number of hydrogen-bond donors (Lipinski definition) is 1. The monoisotopic (exact) mass is 390 g/mol. The van der Waals surface area contributed by atoms with Crippen molar-refractivity contribution in [1.82, 2.24) is 20.1 Å². The highest BCUT2D eigenvalue weighted by Gasteiger charge is 2.26. The van der Waals surface area contributed by atoms with E-state index >= 15 is 0 Å². The summed E-state index contributed by atoms with van der Waals surface area (Å²) in [4.78, 5) is 24.3. The first-order chi connectivity index (χ1) is 12.9. The zero-order chi connectivity index (χ0) is 20.0. The molecule has 2 atom stereocenters. The van der Waals surface area contributed by atoms with Gasteiger partial charge in [-0.1, -0.05) is 44.2 Å². The van der Waals surface area contributed by atoms with Gasteiger partial charge in [0.2, 0.25) is 5.91 Å². The summed E-state index contributed by atoms with van der Waals surface area (Å²) >= 11 is 1.28. The summed E-state index contributed by atoms with van der Waals surface area (Å²) in [6, 6.07) is 7.36. The van der Waals surface area contributed by atoms with Gasteiger partial charge in [-0.05, 0) is 37.5 Å². The second kappa shape index (κ2) is 9.55. The standard InChI is InChI=1S/C19H26N4O3S/c1-6-13(3)17(18(25)26-5)20-16(24)11-27-19-22-21-14(4)23(19)15-9-7-8-12(2)10-15/h7-10,13,17H,6,11H2,1-5H3,(H,20,24). The van der Waals surface area contributed by atoms with Crippen LogP contribution >= 0.6 is 11.8 Å². The summed E-state index contributed by atoms with van der Waals surface area (Å²) in [5, 5.41) is 11.7. The molecule has 146 valence electrons. The molecule has 1 aromatic carbocycles. The molecule has 0 bridgehead atoms. The van der Waals surface area contributed by atoms with E-state index in [4.69, 9.17) is 4.74 Å². The Labute approximate surface area is 163 Å². The van der Waals surface area contributed by atoms with Crippen molar-refractivity contribution in [2.75, 3.05) is 12.9 Å². The average molecular weight is 391 g/mol. The summed E-state index contributed by atoms with van der Waals surface area (Å²) in [5.74, 6) is 0.196. The fourth-order valence-electron chi connectivity index (χ4n) is 2.64. The van der Waals surface area contributed by atoms with Crippen LogP contribution in [0.5, 0.6) is 0 Å². The van der Waals surface area contributed by atoms with E-state index in [1.165, 1.54) is 18.9 Å². The summed E-state index contributed by atoms with van der Waals surface area (Å²) in [6.07, 6.45) is 0.758.